The van der Waals surface area contributed by atoms with Crippen LogP contribution in [0.5, 0.6) is 0 Å². The molecule has 5 heteroatoms. The van der Waals surface area contributed by atoms with Gasteiger partial charge in [-0.05, 0) is 18.2 Å². The number of amides is 1. The average Bonchev–Trinajstić information content (AvgIpc) is 2.84. The van der Waals surface area contributed by atoms with Crippen LogP contribution in [0.15, 0.2) is 36.4 Å². The lowest BCUT2D eigenvalue weighted by Crippen LogP contribution is -2.40. The Hall–Kier alpha value is -2.43. The Morgan fingerprint density at radius 1 is 1.17 bits per heavy atom. The Morgan fingerprint density at radius 3 is 2.67 bits per heavy atom. The topological polar surface area (TPSA) is 55.2 Å². The molecular formula is C13H11N3O2. The largest absolute Gasteiger partial charge is 0.305 e. The summed E-state index contributed by atoms with van der Waals surface area (Å²) in [5, 5.41) is 4.05. The summed E-state index contributed by atoms with van der Waals surface area (Å²) >= 11 is 0. The molecule has 0 bridgehead atoms. The molecule has 1 aliphatic heterocycles. The SMILES string of the molecule is O=Cc1cc2n(n1)CCN(c1ccccc1)C2=O. The molecule has 3 rings (SSSR count). The van der Waals surface area contributed by atoms with Gasteiger partial charge in [-0.2, -0.15) is 5.10 Å². The van der Waals surface area contributed by atoms with E-state index in [9.17, 15) is 9.59 Å². The predicted octanol–water partition coefficient (Wildman–Crippen LogP) is 1.36. The number of carbonyl (C=O) groups is 2. The molecule has 0 N–H and O–H groups in total. The van der Waals surface area contributed by atoms with Crippen molar-refractivity contribution in [3.63, 3.8) is 0 Å². The molecule has 0 aliphatic carbocycles. The Labute approximate surface area is 104 Å². The molecule has 1 aromatic heterocycles. The monoisotopic (exact) mass is 241 g/mol. The van der Waals surface area contributed by atoms with E-state index in [2.05, 4.69) is 5.10 Å². The second kappa shape index (κ2) is 4.10. The predicted molar refractivity (Wildman–Crippen MR) is 65.7 cm³/mol. The van der Waals surface area contributed by atoms with Gasteiger partial charge in [-0.3, -0.25) is 14.3 Å². The average molecular weight is 241 g/mol. The number of fused-ring (bicyclic) bond motifs is 1. The Morgan fingerprint density at radius 2 is 1.94 bits per heavy atom. The molecule has 5 nitrogen and oxygen atoms in total. The summed E-state index contributed by atoms with van der Waals surface area (Å²) in [4.78, 5) is 24.7. The van der Waals surface area contributed by atoms with Gasteiger partial charge in [0.15, 0.2) is 6.29 Å². The summed E-state index contributed by atoms with van der Waals surface area (Å²) in [6.07, 6.45) is 0.658. The van der Waals surface area contributed by atoms with Gasteiger partial charge in [0.1, 0.15) is 11.4 Å². The highest BCUT2D eigenvalue weighted by molar-refractivity contribution is 6.06. The highest BCUT2D eigenvalue weighted by Crippen LogP contribution is 2.20. The molecule has 0 radical (unpaired) electrons. The third-order valence-corrected chi connectivity index (χ3v) is 2.99. The van der Waals surface area contributed by atoms with E-state index in [0.717, 1.165) is 5.69 Å². The van der Waals surface area contributed by atoms with Crippen molar-refractivity contribution in [2.24, 2.45) is 0 Å². The second-order valence-electron chi connectivity index (χ2n) is 4.09. The molecule has 18 heavy (non-hydrogen) atoms. The number of para-hydroxylation sites is 1. The first kappa shape index (κ1) is 10.7. The maximum absolute atomic E-state index is 12.3. The summed E-state index contributed by atoms with van der Waals surface area (Å²) in [5.41, 5.74) is 1.63. The molecule has 1 aliphatic rings. The van der Waals surface area contributed by atoms with Crippen LogP contribution in [0.4, 0.5) is 5.69 Å². The van der Waals surface area contributed by atoms with Crippen LogP contribution in [-0.4, -0.2) is 28.5 Å². The molecule has 0 spiro atoms. The maximum Gasteiger partial charge on any atom is 0.276 e. The van der Waals surface area contributed by atoms with Crippen molar-refractivity contribution in [1.29, 1.82) is 0 Å². The number of rotatable bonds is 2. The zero-order chi connectivity index (χ0) is 12.5. The van der Waals surface area contributed by atoms with Crippen LogP contribution < -0.4 is 4.90 Å². The maximum atomic E-state index is 12.3. The minimum Gasteiger partial charge on any atom is -0.305 e. The van der Waals surface area contributed by atoms with Gasteiger partial charge in [0.2, 0.25) is 0 Å². The first-order valence-corrected chi connectivity index (χ1v) is 5.69. The van der Waals surface area contributed by atoms with Crippen LogP contribution >= 0.6 is 0 Å². The third-order valence-electron chi connectivity index (χ3n) is 2.99. The first-order valence-electron chi connectivity index (χ1n) is 5.69. The fourth-order valence-corrected chi connectivity index (χ4v) is 2.13. The number of hydrogen-bond acceptors (Lipinski definition) is 3. The van der Waals surface area contributed by atoms with Crippen molar-refractivity contribution in [3.05, 3.63) is 47.8 Å². The van der Waals surface area contributed by atoms with Crippen molar-refractivity contribution >= 4 is 17.9 Å². The fraction of sp³-hybridized carbons (Fsp3) is 0.154. The Balaban J connectivity index is 1.99. The minimum absolute atomic E-state index is 0.118. The van der Waals surface area contributed by atoms with Crippen LogP contribution in [0.25, 0.3) is 0 Å². The van der Waals surface area contributed by atoms with Crippen molar-refractivity contribution < 1.29 is 9.59 Å². The van der Waals surface area contributed by atoms with Crippen LogP contribution in [0, 0.1) is 0 Å². The number of nitrogens with zero attached hydrogens (tertiary/aromatic N) is 3. The van der Waals surface area contributed by atoms with E-state index in [0.29, 0.717) is 30.8 Å². The lowest BCUT2D eigenvalue weighted by Gasteiger charge is -2.27. The highest BCUT2D eigenvalue weighted by atomic mass is 16.2. The molecular weight excluding hydrogens is 230 g/mol. The Kier molecular flexibility index (Phi) is 2.44. The van der Waals surface area contributed by atoms with E-state index < -0.39 is 0 Å². The van der Waals surface area contributed by atoms with Gasteiger partial charge in [0.05, 0.1) is 6.54 Å². The van der Waals surface area contributed by atoms with Gasteiger partial charge in [-0.15, -0.1) is 0 Å². The van der Waals surface area contributed by atoms with E-state index in [1.54, 1.807) is 9.58 Å². The summed E-state index contributed by atoms with van der Waals surface area (Å²) in [5.74, 6) is -0.118. The van der Waals surface area contributed by atoms with E-state index >= 15 is 0 Å². The second-order valence-corrected chi connectivity index (χ2v) is 4.09. The molecule has 0 saturated heterocycles. The standard InChI is InChI=1S/C13H11N3O2/c17-9-10-8-12-13(18)15(6-7-16(12)14-10)11-4-2-1-3-5-11/h1-5,8-9H,6-7H2. The van der Waals surface area contributed by atoms with Gasteiger partial charge >= 0.3 is 0 Å². The lowest BCUT2D eigenvalue weighted by molar-refractivity contribution is 0.0961. The Bertz CT molecular complexity index is 604. The van der Waals surface area contributed by atoms with E-state index in [1.807, 2.05) is 30.3 Å². The minimum atomic E-state index is -0.118. The molecule has 2 heterocycles. The highest BCUT2D eigenvalue weighted by Gasteiger charge is 2.27. The number of aldehydes is 1. The molecule has 0 fully saturated rings. The van der Waals surface area contributed by atoms with Gasteiger partial charge in [0, 0.05) is 12.2 Å². The van der Waals surface area contributed by atoms with E-state index in [-0.39, 0.29) is 5.91 Å². The number of carbonyl (C=O) groups excluding carboxylic acids is 2. The van der Waals surface area contributed by atoms with Crippen LogP contribution in [0.3, 0.4) is 0 Å². The van der Waals surface area contributed by atoms with Crippen molar-refractivity contribution in [3.8, 4) is 0 Å². The number of anilines is 1. The summed E-state index contributed by atoms with van der Waals surface area (Å²) < 4.78 is 1.59. The smallest absolute Gasteiger partial charge is 0.276 e. The summed E-state index contributed by atoms with van der Waals surface area (Å²) in [7, 11) is 0. The molecule has 0 saturated carbocycles. The molecule has 2 aromatic rings. The van der Waals surface area contributed by atoms with Crippen molar-refractivity contribution in [1.82, 2.24) is 9.78 Å². The lowest BCUT2D eigenvalue weighted by atomic mass is 10.2. The summed E-state index contributed by atoms with van der Waals surface area (Å²) in [6, 6.07) is 11.0. The normalized spacial score (nSPS) is 14.4. The van der Waals surface area contributed by atoms with E-state index in [4.69, 9.17) is 0 Å². The zero-order valence-electron chi connectivity index (χ0n) is 9.61. The van der Waals surface area contributed by atoms with Crippen molar-refractivity contribution in [2.75, 3.05) is 11.4 Å². The number of hydrogen-bond donors (Lipinski definition) is 0. The zero-order valence-corrected chi connectivity index (χ0v) is 9.61. The van der Waals surface area contributed by atoms with Crippen LogP contribution in [0.2, 0.25) is 0 Å². The van der Waals surface area contributed by atoms with Crippen LogP contribution in [-0.2, 0) is 6.54 Å². The molecule has 1 amide bonds. The fourth-order valence-electron chi connectivity index (χ4n) is 2.13. The van der Waals surface area contributed by atoms with Crippen LogP contribution in [0.1, 0.15) is 21.0 Å². The first-order chi connectivity index (χ1) is 8.79. The third kappa shape index (κ3) is 1.60. The number of benzene rings is 1. The molecule has 90 valence electrons. The number of aromatic nitrogens is 2. The summed E-state index contributed by atoms with van der Waals surface area (Å²) in [6.45, 7) is 1.17. The van der Waals surface area contributed by atoms with Gasteiger partial charge < -0.3 is 4.90 Å². The molecule has 0 atom stereocenters. The molecule has 0 unspecified atom stereocenters. The van der Waals surface area contributed by atoms with Gasteiger partial charge in [-0.1, -0.05) is 18.2 Å². The van der Waals surface area contributed by atoms with E-state index in [1.165, 1.54) is 6.07 Å². The quantitative estimate of drug-likeness (QED) is 0.746. The van der Waals surface area contributed by atoms with Crippen molar-refractivity contribution in [2.45, 2.75) is 6.54 Å². The van der Waals surface area contributed by atoms with Gasteiger partial charge in [0.25, 0.3) is 5.91 Å². The van der Waals surface area contributed by atoms with Gasteiger partial charge in [-0.25, -0.2) is 0 Å². The molecule has 1 aromatic carbocycles.